The van der Waals surface area contributed by atoms with E-state index < -0.39 is 5.97 Å². The van der Waals surface area contributed by atoms with Crippen LogP contribution in [0.2, 0.25) is 0 Å². The van der Waals surface area contributed by atoms with Gasteiger partial charge in [-0.25, -0.2) is 4.79 Å². The summed E-state index contributed by atoms with van der Waals surface area (Å²) in [7, 11) is 0. The number of carboxylic acids is 1. The normalized spacial score (nSPS) is 19.1. The lowest BCUT2D eigenvalue weighted by atomic mass is 9.75. The van der Waals surface area contributed by atoms with Crippen molar-refractivity contribution in [1.82, 2.24) is 0 Å². The molecule has 2 N–H and O–H groups in total. The molecular weight excluding hydrogens is 238 g/mol. The first-order chi connectivity index (χ1) is 8.87. The zero-order valence-electron chi connectivity index (χ0n) is 12.0. The predicted octanol–water partition coefficient (Wildman–Crippen LogP) is 4.07. The van der Waals surface area contributed by atoms with Gasteiger partial charge in [-0.15, -0.1) is 0 Å². The van der Waals surface area contributed by atoms with Gasteiger partial charge >= 0.3 is 5.97 Å². The van der Waals surface area contributed by atoms with Gasteiger partial charge in [0.05, 0.1) is 5.56 Å². The number of carboxylic acid groups (broad SMARTS) is 1. The van der Waals surface area contributed by atoms with Crippen LogP contribution in [0, 0.1) is 12.3 Å². The van der Waals surface area contributed by atoms with Crippen LogP contribution in [0.1, 0.15) is 55.5 Å². The van der Waals surface area contributed by atoms with Gasteiger partial charge in [-0.2, -0.15) is 0 Å². The summed E-state index contributed by atoms with van der Waals surface area (Å²) in [6.45, 7) is 6.60. The number of anilines is 1. The molecule has 1 fully saturated rings. The number of benzene rings is 1. The summed E-state index contributed by atoms with van der Waals surface area (Å²) >= 11 is 0. The van der Waals surface area contributed by atoms with Crippen LogP contribution >= 0.6 is 0 Å². The van der Waals surface area contributed by atoms with E-state index >= 15 is 0 Å². The van der Waals surface area contributed by atoms with Gasteiger partial charge < -0.3 is 10.4 Å². The summed E-state index contributed by atoms with van der Waals surface area (Å²) in [5.41, 5.74) is 2.65. The minimum atomic E-state index is -0.862. The Morgan fingerprint density at radius 3 is 2.53 bits per heavy atom. The topological polar surface area (TPSA) is 49.3 Å². The molecular formula is C16H23NO2. The zero-order chi connectivity index (χ0) is 14.0. The number of carbonyl (C=O) groups is 1. The molecule has 0 saturated heterocycles. The molecule has 1 aliphatic rings. The Kier molecular flexibility index (Phi) is 3.83. The van der Waals surface area contributed by atoms with Gasteiger partial charge in [0.2, 0.25) is 0 Å². The maximum atomic E-state index is 11.2. The maximum absolute atomic E-state index is 11.2. The van der Waals surface area contributed by atoms with Gasteiger partial charge in [-0.3, -0.25) is 0 Å². The van der Waals surface area contributed by atoms with Crippen molar-refractivity contribution in [3.8, 4) is 0 Å². The quantitative estimate of drug-likeness (QED) is 0.862. The molecule has 0 amide bonds. The average molecular weight is 261 g/mol. The molecule has 104 valence electrons. The Hall–Kier alpha value is -1.51. The molecule has 0 bridgehead atoms. The fourth-order valence-electron chi connectivity index (χ4n) is 2.73. The van der Waals surface area contributed by atoms with Crippen molar-refractivity contribution in [2.75, 3.05) is 5.32 Å². The highest BCUT2D eigenvalue weighted by atomic mass is 16.4. The molecule has 1 saturated carbocycles. The molecule has 2 rings (SSSR count). The van der Waals surface area contributed by atoms with E-state index in [4.69, 9.17) is 0 Å². The van der Waals surface area contributed by atoms with Crippen LogP contribution in [0.5, 0.6) is 0 Å². The highest BCUT2D eigenvalue weighted by Crippen LogP contribution is 2.36. The van der Waals surface area contributed by atoms with E-state index in [1.807, 2.05) is 19.1 Å². The van der Waals surface area contributed by atoms with E-state index in [0.717, 1.165) is 24.1 Å². The van der Waals surface area contributed by atoms with Gasteiger partial charge in [-0.05, 0) is 55.7 Å². The van der Waals surface area contributed by atoms with Crippen molar-refractivity contribution in [3.05, 3.63) is 29.3 Å². The Bertz CT molecular complexity index is 470. The third-order valence-corrected chi connectivity index (χ3v) is 4.10. The van der Waals surface area contributed by atoms with Gasteiger partial charge in [0.25, 0.3) is 0 Å². The first-order valence-corrected chi connectivity index (χ1v) is 6.98. The molecule has 0 atom stereocenters. The fourth-order valence-corrected chi connectivity index (χ4v) is 2.73. The molecule has 0 aliphatic heterocycles. The molecule has 0 spiro atoms. The predicted molar refractivity (Wildman–Crippen MR) is 77.8 cm³/mol. The molecule has 1 aromatic carbocycles. The third kappa shape index (κ3) is 3.49. The lowest BCUT2D eigenvalue weighted by molar-refractivity contribution is 0.0698. The highest BCUT2D eigenvalue weighted by Gasteiger charge is 2.27. The summed E-state index contributed by atoms with van der Waals surface area (Å²) in [4.78, 5) is 11.2. The number of aryl methyl sites for hydroxylation is 1. The lowest BCUT2D eigenvalue weighted by Crippen LogP contribution is -2.30. The second-order valence-electron chi connectivity index (χ2n) is 6.44. The maximum Gasteiger partial charge on any atom is 0.337 e. The SMILES string of the molecule is Cc1ccc(C(=O)O)c(NC2CCC(C)(C)CC2)c1. The van der Waals surface area contributed by atoms with Crippen LogP contribution in [0.25, 0.3) is 0 Å². The van der Waals surface area contributed by atoms with Crippen LogP contribution < -0.4 is 5.32 Å². The number of hydrogen-bond acceptors (Lipinski definition) is 2. The van der Waals surface area contributed by atoms with Crippen LogP contribution in [-0.4, -0.2) is 17.1 Å². The van der Waals surface area contributed by atoms with E-state index in [0.29, 0.717) is 17.0 Å². The van der Waals surface area contributed by atoms with Crippen molar-refractivity contribution in [1.29, 1.82) is 0 Å². The lowest BCUT2D eigenvalue weighted by Gasteiger charge is -2.35. The van der Waals surface area contributed by atoms with Crippen molar-refractivity contribution < 1.29 is 9.90 Å². The van der Waals surface area contributed by atoms with Gasteiger partial charge in [-0.1, -0.05) is 19.9 Å². The average Bonchev–Trinajstić information content (AvgIpc) is 2.31. The minimum Gasteiger partial charge on any atom is -0.478 e. The molecule has 0 heterocycles. The Balaban J connectivity index is 2.11. The van der Waals surface area contributed by atoms with Crippen LogP contribution in [0.15, 0.2) is 18.2 Å². The van der Waals surface area contributed by atoms with Crippen molar-refractivity contribution in [3.63, 3.8) is 0 Å². The molecule has 0 unspecified atom stereocenters. The number of hydrogen-bond donors (Lipinski definition) is 2. The minimum absolute atomic E-state index is 0.371. The van der Waals surface area contributed by atoms with Crippen molar-refractivity contribution in [2.24, 2.45) is 5.41 Å². The smallest absolute Gasteiger partial charge is 0.337 e. The second kappa shape index (κ2) is 5.24. The number of aromatic carboxylic acids is 1. The molecule has 3 nitrogen and oxygen atoms in total. The first kappa shape index (κ1) is 13.9. The van der Waals surface area contributed by atoms with Gasteiger partial charge in [0, 0.05) is 11.7 Å². The van der Waals surface area contributed by atoms with Crippen LogP contribution in [0.4, 0.5) is 5.69 Å². The zero-order valence-corrected chi connectivity index (χ0v) is 12.0. The second-order valence-corrected chi connectivity index (χ2v) is 6.44. The number of rotatable bonds is 3. The van der Waals surface area contributed by atoms with Gasteiger partial charge in [0.1, 0.15) is 0 Å². The molecule has 0 aromatic heterocycles. The molecule has 19 heavy (non-hydrogen) atoms. The largest absolute Gasteiger partial charge is 0.478 e. The third-order valence-electron chi connectivity index (χ3n) is 4.10. The fraction of sp³-hybridized carbons (Fsp3) is 0.562. The van der Waals surface area contributed by atoms with Gasteiger partial charge in [0.15, 0.2) is 0 Å². The molecule has 0 radical (unpaired) electrons. The van der Waals surface area contributed by atoms with E-state index in [1.165, 1.54) is 12.8 Å². The Labute approximate surface area is 115 Å². The Morgan fingerprint density at radius 2 is 1.95 bits per heavy atom. The standard InChI is InChI=1S/C16H23NO2/c1-11-4-5-13(15(18)19)14(10-11)17-12-6-8-16(2,3)9-7-12/h4-5,10,12,17H,6-9H2,1-3H3,(H,18,19). The first-order valence-electron chi connectivity index (χ1n) is 6.98. The summed E-state index contributed by atoms with van der Waals surface area (Å²) < 4.78 is 0. The van der Waals surface area contributed by atoms with E-state index in [1.54, 1.807) is 6.07 Å². The van der Waals surface area contributed by atoms with Crippen LogP contribution in [0.3, 0.4) is 0 Å². The highest BCUT2D eigenvalue weighted by molar-refractivity contribution is 5.94. The van der Waals surface area contributed by atoms with Crippen LogP contribution in [-0.2, 0) is 0 Å². The number of nitrogens with one attached hydrogen (secondary N) is 1. The molecule has 3 heteroatoms. The molecule has 1 aromatic rings. The monoisotopic (exact) mass is 261 g/mol. The summed E-state index contributed by atoms with van der Waals surface area (Å²) in [6, 6.07) is 5.86. The summed E-state index contributed by atoms with van der Waals surface area (Å²) in [5.74, 6) is -0.862. The Morgan fingerprint density at radius 1 is 1.32 bits per heavy atom. The van der Waals surface area contributed by atoms with E-state index in [9.17, 15) is 9.90 Å². The molecule has 1 aliphatic carbocycles. The van der Waals surface area contributed by atoms with Crippen molar-refractivity contribution >= 4 is 11.7 Å². The summed E-state index contributed by atoms with van der Waals surface area (Å²) in [5, 5.41) is 12.7. The van der Waals surface area contributed by atoms with E-state index in [-0.39, 0.29) is 0 Å². The summed E-state index contributed by atoms with van der Waals surface area (Å²) in [6.07, 6.45) is 4.61. The van der Waals surface area contributed by atoms with E-state index in [2.05, 4.69) is 19.2 Å². The van der Waals surface area contributed by atoms with Crippen molar-refractivity contribution in [2.45, 2.75) is 52.5 Å².